The molecule has 1 aromatic rings. The number of carbonyl (C=O) groups is 1. The lowest BCUT2D eigenvalue weighted by atomic mass is 10.1. The van der Waals surface area contributed by atoms with Gasteiger partial charge >= 0.3 is 0 Å². The highest BCUT2D eigenvalue weighted by atomic mass is 16.6. The molecule has 1 aromatic carbocycles. The van der Waals surface area contributed by atoms with E-state index in [9.17, 15) is 9.90 Å². The van der Waals surface area contributed by atoms with E-state index in [1.165, 1.54) is 0 Å². The van der Waals surface area contributed by atoms with Crippen LogP contribution in [0.1, 0.15) is 29.6 Å². The predicted molar refractivity (Wildman–Crippen MR) is 73.1 cm³/mol. The molecule has 20 heavy (non-hydrogen) atoms. The van der Waals surface area contributed by atoms with Crippen molar-refractivity contribution in [1.29, 1.82) is 0 Å². The third-order valence-electron chi connectivity index (χ3n) is 3.95. The second-order valence-corrected chi connectivity index (χ2v) is 5.30. The van der Waals surface area contributed by atoms with Crippen LogP contribution < -0.4 is 14.8 Å². The van der Waals surface area contributed by atoms with Gasteiger partial charge in [-0.2, -0.15) is 0 Å². The molecular formula is C15H19NO4. The highest BCUT2D eigenvalue weighted by molar-refractivity contribution is 5.97. The van der Waals surface area contributed by atoms with E-state index in [1.807, 2.05) is 0 Å². The van der Waals surface area contributed by atoms with Gasteiger partial charge in [0.15, 0.2) is 11.5 Å². The third kappa shape index (κ3) is 2.58. The average molecular weight is 277 g/mol. The number of aliphatic hydroxyl groups is 1. The van der Waals surface area contributed by atoms with E-state index < -0.39 is 0 Å². The van der Waals surface area contributed by atoms with Gasteiger partial charge in [-0.1, -0.05) is 12.5 Å². The van der Waals surface area contributed by atoms with Crippen molar-refractivity contribution in [2.45, 2.75) is 25.4 Å². The van der Waals surface area contributed by atoms with Crippen LogP contribution in [0.2, 0.25) is 0 Å². The minimum Gasteiger partial charge on any atom is -0.486 e. The van der Waals surface area contributed by atoms with E-state index >= 15 is 0 Å². The SMILES string of the molecule is O=C(NCC1CCCC1O)c1cccc2c1OCCO2. The second kappa shape index (κ2) is 5.71. The molecule has 0 aromatic heterocycles. The fraction of sp³-hybridized carbons (Fsp3) is 0.533. The zero-order valence-electron chi connectivity index (χ0n) is 11.3. The largest absolute Gasteiger partial charge is 0.486 e. The van der Waals surface area contributed by atoms with Gasteiger partial charge in [-0.25, -0.2) is 0 Å². The molecule has 0 radical (unpaired) electrons. The average Bonchev–Trinajstić information content (AvgIpc) is 2.89. The molecule has 1 fully saturated rings. The minimum absolute atomic E-state index is 0.163. The monoisotopic (exact) mass is 277 g/mol. The van der Waals surface area contributed by atoms with Crippen molar-refractivity contribution >= 4 is 5.91 Å². The number of rotatable bonds is 3. The van der Waals surface area contributed by atoms with E-state index in [0.717, 1.165) is 19.3 Å². The third-order valence-corrected chi connectivity index (χ3v) is 3.95. The van der Waals surface area contributed by atoms with E-state index in [2.05, 4.69) is 5.32 Å². The van der Waals surface area contributed by atoms with Crippen molar-refractivity contribution in [3.8, 4) is 11.5 Å². The standard InChI is InChI=1S/C15H19NO4/c17-12-5-1-3-10(12)9-16-15(18)11-4-2-6-13-14(11)20-8-7-19-13/h2,4,6,10,12,17H,1,3,5,7-9H2,(H,16,18). The van der Waals surface area contributed by atoms with E-state index in [1.54, 1.807) is 18.2 Å². The summed E-state index contributed by atoms with van der Waals surface area (Å²) in [6.07, 6.45) is 2.53. The Balaban J connectivity index is 1.68. The maximum Gasteiger partial charge on any atom is 0.255 e. The highest BCUT2D eigenvalue weighted by Crippen LogP contribution is 2.33. The van der Waals surface area contributed by atoms with Gasteiger partial charge in [-0.15, -0.1) is 0 Å². The Labute approximate surface area is 117 Å². The van der Waals surface area contributed by atoms with Gasteiger partial charge in [0, 0.05) is 12.5 Å². The molecular weight excluding hydrogens is 258 g/mol. The van der Waals surface area contributed by atoms with Crippen LogP contribution in [0.25, 0.3) is 0 Å². The van der Waals surface area contributed by atoms with E-state index in [4.69, 9.17) is 9.47 Å². The molecule has 108 valence electrons. The van der Waals surface area contributed by atoms with Gasteiger partial charge in [-0.05, 0) is 25.0 Å². The van der Waals surface area contributed by atoms with Gasteiger partial charge in [-0.3, -0.25) is 4.79 Å². The lowest BCUT2D eigenvalue weighted by molar-refractivity contribution is 0.0906. The Morgan fingerprint density at radius 3 is 2.95 bits per heavy atom. The summed E-state index contributed by atoms with van der Waals surface area (Å²) in [6.45, 7) is 1.47. The van der Waals surface area contributed by atoms with Crippen molar-refractivity contribution in [3.05, 3.63) is 23.8 Å². The predicted octanol–water partition coefficient (Wildman–Crippen LogP) is 1.35. The lowest BCUT2D eigenvalue weighted by Crippen LogP contribution is -2.33. The van der Waals surface area contributed by atoms with Crippen LogP contribution in [0.3, 0.4) is 0 Å². The second-order valence-electron chi connectivity index (χ2n) is 5.30. The first-order chi connectivity index (χ1) is 9.75. The van der Waals surface area contributed by atoms with Crippen LogP contribution in [0.5, 0.6) is 11.5 Å². The van der Waals surface area contributed by atoms with Gasteiger partial charge in [0.05, 0.1) is 11.7 Å². The number of amides is 1. The zero-order valence-corrected chi connectivity index (χ0v) is 11.3. The van der Waals surface area contributed by atoms with Gasteiger partial charge in [0.2, 0.25) is 0 Å². The van der Waals surface area contributed by atoms with Crippen molar-refractivity contribution in [1.82, 2.24) is 5.32 Å². The summed E-state index contributed by atoms with van der Waals surface area (Å²) in [5.74, 6) is 1.12. The molecule has 2 aliphatic rings. The number of fused-ring (bicyclic) bond motifs is 1. The number of carbonyl (C=O) groups excluding carboxylic acids is 1. The molecule has 3 rings (SSSR count). The van der Waals surface area contributed by atoms with Crippen molar-refractivity contribution in [2.75, 3.05) is 19.8 Å². The fourth-order valence-corrected chi connectivity index (χ4v) is 2.83. The maximum absolute atomic E-state index is 12.3. The first kappa shape index (κ1) is 13.2. The topological polar surface area (TPSA) is 67.8 Å². The summed E-state index contributed by atoms with van der Waals surface area (Å²) in [4.78, 5) is 12.3. The van der Waals surface area contributed by atoms with Crippen LogP contribution >= 0.6 is 0 Å². The Hall–Kier alpha value is -1.75. The molecule has 5 heteroatoms. The molecule has 1 aliphatic heterocycles. The maximum atomic E-state index is 12.3. The van der Waals surface area contributed by atoms with Crippen LogP contribution in [0.15, 0.2) is 18.2 Å². The van der Waals surface area contributed by atoms with Gasteiger partial charge in [0.25, 0.3) is 5.91 Å². The first-order valence-corrected chi connectivity index (χ1v) is 7.10. The summed E-state index contributed by atoms with van der Waals surface area (Å²) in [5.41, 5.74) is 0.495. The number of aliphatic hydroxyl groups excluding tert-OH is 1. The smallest absolute Gasteiger partial charge is 0.255 e. The summed E-state index contributed by atoms with van der Waals surface area (Å²) in [6, 6.07) is 5.31. The lowest BCUT2D eigenvalue weighted by Gasteiger charge is -2.21. The Kier molecular flexibility index (Phi) is 3.78. The molecule has 5 nitrogen and oxygen atoms in total. The zero-order chi connectivity index (χ0) is 13.9. The van der Waals surface area contributed by atoms with Crippen LogP contribution in [0, 0.1) is 5.92 Å². The highest BCUT2D eigenvalue weighted by Gasteiger charge is 2.26. The summed E-state index contributed by atoms with van der Waals surface area (Å²) in [7, 11) is 0. The molecule has 1 saturated carbocycles. The van der Waals surface area contributed by atoms with Crippen molar-refractivity contribution in [3.63, 3.8) is 0 Å². The summed E-state index contributed by atoms with van der Waals surface area (Å²) < 4.78 is 11.0. The van der Waals surface area contributed by atoms with Gasteiger partial charge < -0.3 is 19.9 Å². The molecule has 1 amide bonds. The number of hydrogen-bond acceptors (Lipinski definition) is 4. The summed E-state index contributed by atoms with van der Waals surface area (Å²) in [5, 5.41) is 12.7. The number of ether oxygens (including phenoxy) is 2. The first-order valence-electron chi connectivity index (χ1n) is 7.10. The Morgan fingerprint density at radius 2 is 2.15 bits per heavy atom. The molecule has 2 N–H and O–H groups in total. The molecule has 0 saturated heterocycles. The number of para-hydroxylation sites is 1. The van der Waals surface area contributed by atoms with Gasteiger partial charge in [0.1, 0.15) is 13.2 Å². The minimum atomic E-state index is -0.292. The quantitative estimate of drug-likeness (QED) is 0.875. The number of nitrogens with one attached hydrogen (secondary N) is 1. The van der Waals surface area contributed by atoms with Crippen molar-refractivity contribution < 1.29 is 19.4 Å². The Bertz CT molecular complexity index is 503. The normalized spacial score (nSPS) is 24.4. The van der Waals surface area contributed by atoms with Crippen molar-refractivity contribution in [2.24, 2.45) is 5.92 Å². The summed E-state index contributed by atoms with van der Waals surface area (Å²) >= 11 is 0. The molecule has 2 unspecified atom stereocenters. The number of hydrogen-bond donors (Lipinski definition) is 2. The molecule has 0 spiro atoms. The van der Waals surface area contributed by atoms with Crippen LogP contribution in [-0.4, -0.2) is 36.9 Å². The Morgan fingerprint density at radius 1 is 1.30 bits per heavy atom. The molecule has 0 bridgehead atoms. The fourth-order valence-electron chi connectivity index (χ4n) is 2.83. The molecule has 1 heterocycles. The number of benzene rings is 1. The van der Waals surface area contributed by atoms with E-state index in [-0.39, 0.29) is 17.9 Å². The van der Waals surface area contributed by atoms with Crippen LogP contribution in [-0.2, 0) is 0 Å². The van der Waals surface area contributed by atoms with Crippen LogP contribution in [0.4, 0.5) is 0 Å². The van der Waals surface area contributed by atoms with E-state index in [0.29, 0.717) is 36.8 Å². The molecule has 1 aliphatic carbocycles. The molecule has 2 atom stereocenters.